The third kappa shape index (κ3) is 2.47. The number of likely N-dealkylation sites (tertiary alicyclic amines) is 1. The molecule has 0 aromatic rings. The lowest BCUT2D eigenvalue weighted by atomic mass is 9.77. The molecule has 20 heavy (non-hydrogen) atoms. The van der Waals surface area contributed by atoms with E-state index in [-0.39, 0.29) is 24.8 Å². The molecule has 2 aliphatic rings. The SMILES string of the molecule is CON1C(=O)CC2(CCN(C(=O)OCCF)CC2)C1=O. The molecule has 7 nitrogen and oxygen atoms in total. The molecule has 2 aliphatic heterocycles. The molecule has 0 aromatic heterocycles. The van der Waals surface area contributed by atoms with Crippen LogP contribution in [0.25, 0.3) is 0 Å². The van der Waals surface area contributed by atoms with Gasteiger partial charge in [-0.15, -0.1) is 0 Å². The van der Waals surface area contributed by atoms with Gasteiger partial charge < -0.3 is 9.64 Å². The van der Waals surface area contributed by atoms with Gasteiger partial charge in [0.05, 0.1) is 12.5 Å². The number of carbonyl (C=O) groups excluding carboxylic acids is 3. The molecule has 2 heterocycles. The number of piperidine rings is 1. The molecule has 1 spiro atoms. The quantitative estimate of drug-likeness (QED) is 0.707. The summed E-state index contributed by atoms with van der Waals surface area (Å²) < 4.78 is 16.6. The molecule has 0 atom stereocenters. The zero-order valence-corrected chi connectivity index (χ0v) is 11.3. The van der Waals surface area contributed by atoms with Crippen LogP contribution in [-0.2, 0) is 19.2 Å². The molecule has 2 fully saturated rings. The van der Waals surface area contributed by atoms with E-state index in [2.05, 4.69) is 0 Å². The summed E-state index contributed by atoms with van der Waals surface area (Å²) in [5.41, 5.74) is -0.774. The van der Waals surface area contributed by atoms with E-state index in [9.17, 15) is 18.8 Å². The second-order valence-electron chi connectivity index (χ2n) is 4.92. The fourth-order valence-electron chi connectivity index (χ4n) is 2.68. The van der Waals surface area contributed by atoms with Crippen LogP contribution in [0.2, 0.25) is 0 Å². The third-order valence-corrected chi connectivity index (χ3v) is 3.82. The average molecular weight is 288 g/mol. The molecular weight excluding hydrogens is 271 g/mol. The monoisotopic (exact) mass is 288 g/mol. The van der Waals surface area contributed by atoms with Gasteiger partial charge in [0.15, 0.2) is 0 Å². The minimum absolute atomic E-state index is 0.104. The molecule has 0 unspecified atom stereocenters. The second-order valence-corrected chi connectivity index (χ2v) is 4.92. The summed E-state index contributed by atoms with van der Waals surface area (Å²) in [6, 6.07) is 0. The van der Waals surface area contributed by atoms with E-state index >= 15 is 0 Å². The molecule has 2 saturated heterocycles. The maximum atomic E-state index is 12.2. The van der Waals surface area contributed by atoms with Crippen molar-refractivity contribution >= 4 is 17.9 Å². The zero-order chi connectivity index (χ0) is 14.8. The Labute approximate surface area is 115 Å². The van der Waals surface area contributed by atoms with Gasteiger partial charge in [-0.25, -0.2) is 9.18 Å². The number of imide groups is 1. The Morgan fingerprint density at radius 1 is 1.35 bits per heavy atom. The molecular formula is C12H17FN2O5. The highest BCUT2D eigenvalue weighted by Gasteiger charge is 2.53. The van der Waals surface area contributed by atoms with Gasteiger partial charge in [0.2, 0.25) is 0 Å². The van der Waals surface area contributed by atoms with Crippen molar-refractivity contribution < 1.29 is 28.3 Å². The average Bonchev–Trinajstić information content (AvgIpc) is 2.68. The first-order valence-electron chi connectivity index (χ1n) is 6.43. The Bertz CT molecular complexity index is 420. The van der Waals surface area contributed by atoms with Crippen LogP contribution in [0.5, 0.6) is 0 Å². The summed E-state index contributed by atoms with van der Waals surface area (Å²) in [6.07, 6.45) is 0.273. The highest BCUT2D eigenvalue weighted by Crippen LogP contribution is 2.42. The first-order chi connectivity index (χ1) is 9.54. The van der Waals surface area contributed by atoms with Gasteiger partial charge in [-0.1, -0.05) is 0 Å². The smallest absolute Gasteiger partial charge is 0.409 e. The van der Waals surface area contributed by atoms with Crippen LogP contribution in [0.3, 0.4) is 0 Å². The van der Waals surface area contributed by atoms with E-state index in [0.717, 1.165) is 5.06 Å². The lowest BCUT2D eigenvalue weighted by Crippen LogP contribution is -2.46. The Balaban J connectivity index is 1.96. The summed E-state index contributed by atoms with van der Waals surface area (Å²) in [5.74, 6) is -0.701. The van der Waals surface area contributed by atoms with Crippen molar-refractivity contribution in [1.29, 1.82) is 0 Å². The van der Waals surface area contributed by atoms with Crippen LogP contribution in [-0.4, -0.2) is 61.4 Å². The first-order valence-corrected chi connectivity index (χ1v) is 6.43. The van der Waals surface area contributed by atoms with Crippen molar-refractivity contribution in [3.05, 3.63) is 0 Å². The van der Waals surface area contributed by atoms with Crippen molar-refractivity contribution in [2.45, 2.75) is 19.3 Å². The minimum atomic E-state index is -0.774. The number of hydrogen-bond acceptors (Lipinski definition) is 5. The number of amides is 3. The molecule has 0 aliphatic carbocycles. The number of hydrogen-bond donors (Lipinski definition) is 0. The van der Waals surface area contributed by atoms with Gasteiger partial charge in [-0.3, -0.25) is 14.4 Å². The van der Waals surface area contributed by atoms with Gasteiger partial charge in [0, 0.05) is 19.5 Å². The summed E-state index contributed by atoms with van der Waals surface area (Å²) in [4.78, 5) is 41.6. The van der Waals surface area contributed by atoms with Gasteiger partial charge >= 0.3 is 6.09 Å². The maximum Gasteiger partial charge on any atom is 0.409 e. The van der Waals surface area contributed by atoms with Gasteiger partial charge in [-0.2, -0.15) is 5.06 Å². The van der Waals surface area contributed by atoms with E-state index in [1.54, 1.807) is 0 Å². The molecule has 8 heteroatoms. The highest BCUT2D eigenvalue weighted by atomic mass is 19.1. The Hall–Kier alpha value is -1.70. The number of carbonyl (C=O) groups is 3. The molecule has 0 bridgehead atoms. The standard InChI is InChI=1S/C12H17FN2O5/c1-19-15-9(16)8-12(10(15)17)2-5-14(6-3-12)11(18)20-7-4-13/h2-8H2,1H3. The van der Waals surface area contributed by atoms with Crippen LogP contribution in [0.4, 0.5) is 9.18 Å². The molecule has 0 saturated carbocycles. The largest absolute Gasteiger partial charge is 0.447 e. The van der Waals surface area contributed by atoms with Crippen molar-refractivity contribution in [2.24, 2.45) is 5.41 Å². The molecule has 0 N–H and O–H groups in total. The molecule has 0 radical (unpaired) electrons. The third-order valence-electron chi connectivity index (χ3n) is 3.82. The van der Waals surface area contributed by atoms with Crippen LogP contribution in [0.15, 0.2) is 0 Å². The van der Waals surface area contributed by atoms with E-state index in [0.29, 0.717) is 25.9 Å². The van der Waals surface area contributed by atoms with Crippen molar-refractivity contribution in [1.82, 2.24) is 9.96 Å². The van der Waals surface area contributed by atoms with Crippen LogP contribution in [0, 0.1) is 5.41 Å². The van der Waals surface area contributed by atoms with E-state index in [4.69, 9.17) is 9.57 Å². The summed E-state index contributed by atoms with van der Waals surface area (Å²) >= 11 is 0. The van der Waals surface area contributed by atoms with Crippen molar-refractivity contribution in [2.75, 3.05) is 33.5 Å². The van der Waals surface area contributed by atoms with Gasteiger partial charge in [0.1, 0.15) is 13.3 Å². The zero-order valence-electron chi connectivity index (χ0n) is 11.3. The van der Waals surface area contributed by atoms with Crippen molar-refractivity contribution in [3.63, 3.8) is 0 Å². The molecule has 0 aromatic carbocycles. The fourth-order valence-corrected chi connectivity index (χ4v) is 2.68. The highest BCUT2D eigenvalue weighted by molar-refractivity contribution is 6.04. The number of nitrogens with zero attached hydrogens (tertiary/aromatic N) is 2. The van der Waals surface area contributed by atoms with Crippen LogP contribution in [0.1, 0.15) is 19.3 Å². The minimum Gasteiger partial charge on any atom is -0.447 e. The molecule has 112 valence electrons. The number of hydroxylamine groups is 2. The van der Waals surface area contributed by atoms with Crippen LogP contribution < -0.4 is 0 Å². The fraction of sp³-hybridized carbons (Fsp3) is 0.750. The summed E-state index contributed by atoms with van der Waals surface area (Å²) in [6.45, 7) is -0.377. The van der Waals surface area contributed by atoms with E-state index in [1.165, 1.54) is 12.0 Å². The van der Waals surface area contributed by atoms with E-state index in [1.807, 2.05) is 0 Å². The van der Waals surface area contributed by atoms with Crippen LogP contribution >= 0.6 is 0 Å². The lowest BCUT2D eigenvalue weighted by Gasteiger charge is -2.36. The predicted octanol–water partition coefficient (Wildman–Crippen LogP) is 0.495. The topological polar surface area (TPSA) is 76.2 Å². The molecule has 2 rings (SSSR count). The number of ether oxygens (including phenoxy) is 1. The number of alkyl halides is 1. The van der Waals surface area contributed by atoms with Gasteiger partial charge in [-0.05, 0) is 12.8 Å². The van der Waals surface area contributed by atoms with Crippen molar-refractivity contribution in [3.8, 4) is 0 Å². The summed E-state index contributed by atoms with van der Waals surface area (Å²) in [7, 11) is 1.28. The first kappa shape index (κ1) is 14.7. The Kier molecular flexibility index (Phi) is 4.22. The van der Waals surface area contributed by atoms with Gasteiger partial charge in [0.25, 0.3) is 11.8 Å². The second kappa shape index (κ2) is 5.74. The number of halogens is 1. The normalized spacial score (nSPS) is 21.7. The predicted molar refractivity (Wildman–Crippen MR) is 64.0 cm³/mol. The Morgan fingerprint density at radius 2 is 2.00 bits per heavy atom. The van der Waals surface area contributed by atoms with E-state index < -0.39 is 18.2 Å². The Morgan fingerprint density at radius 3 is 2.50 bits per heavy atom. The lowest BCUT2D eigenvalue weighted by molar-refractivity contribution is -0.183. The number of rotatable bonds is 3. The summed E-state index contributed by atoms with van der Waals surface area (Å²) in [5, 5.41) is 0.789. The molecule has 3 amide bonds. The maximum absolute atomic E-state index is 12.2.